The number of ether oxygens (including phenoxy) is 1. The van der Waals surface area contributed by atoms with Crippen LogP contribution in [0, 0.1) is 5.92 Å². The number of carbonyl (C=O) groups excluding carboxylic acids is 1. The standard InChI is InChI=1S/C23H25N3O4S/c1-2-30-23(27)19-12-9-15-25(16-19)31(28,29)21-17-26(20-13-7-4-8-14-20)24-22(21)18-10-5-3-6-11-18/h3-8,10-11,13-14,17,19H,2,9,12,15-16H2,1H3. The average molecular weight is 440 g/mol. The Morgan fingerprint density at radius 1 is 1.10 bits per heavy atom. The van der Waals surface area contributed by atoms with Gasteiger partial charge in [-0.2, -0.15) is 9.40 Å². The first-order chi connectivity index (χ1) is 15.0. The zero-order valence-corrected chi connectivity index (χ0v) is 18.2. The summed E-state index contributed by atoms with van der Waals surface area (Å²) in [5, 5.41) is 4.61. The van der Waals surface area contributed by atoms with Gasteiger partial charge in [0.05, 0.1) is 24.4 Å². The van der Waals surface area contributed by atoms with Gasteiger partial charge in [0.25, 0.3) is 0 Å². The molecule has 1 unspecified atom stereocenters. The Balaban J connectivity index is 1.75. The smallest absolute Gasteiger partial charge is 0.310 e. The summed E-state index contributed by atoms with van der Waals surface area (Å²) < 4.78 is 35.4. The second-order valence-corrected chi connectivity index (χ2v) is 9.35. The zero-order chi connectivity index (χ0) is 21.8. The highest BCUT2D eigenvalue weighted by Crippen LogP contribution is 2.32. The van der Waals surface area contributed by atoms with Crippen molar-refractivity contribution < 1.29 is 17.9 Å². The van der Waals surface area contributed by atoms with Gasteiger partial charge in [-0.05, 0) is 31.9 Å². The number of hydrogen-bond acceptors (Lipinski definition) is 5. The summed E-state index contributed by atoms with van der Waals surface area (Å²) >= 11 is 0. The number of benzene rings is 2. The molecule has 31 heavy (non-hydrogen) atoms. The molecular formula is C23H25N3O4S. The maximum atomic E-state index is 13.7. The van der Waals surface area contributed by atoms with E-state index in [-0.39, 0.29) is 24.0 Å². The van der Waals surface area contributed by atoms with Gasteiger partial charge < -0.3 is 4.74 Å². The topological polar surface area (TPSA) is 81.5 Å². The molecule has 1 atom stereocenters. The third-order valence-electron chi connectivity index (χ3n) is 5.37. The summed E-state index contributed by atoms with van der Waals surface area (Å²) in [4.78, 5) is 12.4. The summed E-state index contributed by atoms with van der Waals surface area (Å²) in [6, 6.07) is 18.7. The zero-order valence-electron chi connectivity index (χ0n) is 17.3. The maximum absolute atomic E-state index is 13.7. The second-order valence-electron chi connectivity index (χ2n) is 7.44. The number of aromatic nitrogens is 2. The van der Waals surface area contributed by atoms with E-state index in [1.807, 2.05) is 60.7 Å². The molecule has 1 fully saturated rings. The molecule has 0 aliphatic carbocycles. The van der Waals surface area contributed by atoms with Crippen molar-refractivity contribution in [1.29, 1.82) is 0 Å². The van der Waals surface area contributed by atoms with Gasteiger partial charge in [0.2, 0.25) is 10.0 Å². The van der Waals surface area contributed by atoms with E-state index in [0.717, 1.165) is 11.3 Å². The molecule has 1 aliphatic heterocycles. The molecule has 2 aromatic carbocycles. The molecule has 0 spiro atoms. The molecule has 0 amide bonds. The van der Waals surface area contributed by atoms with E-state index in [4.69, 9.17) is 4.74 Å². The first-order valence-electron chi connectivity index (χ1n) is 10.4. The lowest BCUT2D eigenvalue weighted by molar-refractivity contribution is -0.149. The molecule has 2 heterocycles. The lowest BCUT2D eigenvalue weighted by atomic mass is 10.0. The summed E-state index contributed by atoms with van der Waals surface area (Å²) in [6.45, 7) is 2.51. The molecule has 8 heteroatoms. The number of para-hydroxylation sites is 1. The fraction of sp³-hybridized carbons (Fsp3) is 0.304. The molecule has 4 rings (SSSR count). The molecule has 0 bridgehead atoms. The highest BCUT2D eigenvalue weighted by Gasteiger charge is 2.36. The monoisotopic (exact) mass is 439 g/mol. The number of rotatable bonds is 6. The van der Waals surface area contributed by atoms with Gasteiger partial charge in [-0.15, -0.1) is 0 Å². The van der Waals surface area contributed by atoms with Gasteiger partial charge in [0.1, 0.15) is 10.6 Å². The van der Waals surface area contributed by atoms with Crippen LogP contribution in [-0.4, -0.2) is 48.2 Å². The van der Waals surface area contributed by atoms with Crippen molar-refractivity contribution in [1.82, 2.24) is 14.1 Å². The van der Waals surface area contributed by atoms with Crippen LogP contribution in [0.15, 0.2) is 71.8 Å². The fourth-order valence-electron chi connectivity index (χ4n) is 3.81. The van der Waals surface area contributed by atoms with Crippen molar-refractivity contribution >= 4 is 16.0 Å². The second kappa shape index (κ2) is 9.03. The Morgan fingerprint density at radius 2 is 1.77 bits per heavy atom. The first kappa shape index (κ1) is 21.3. The number of carbonyl (C=O) groups is 1. The minimum absolute atomic E-state index is 0.117. The van der Waals surface area contributed by atoms with Gasteiger partial charge in [0, 0.05) is 18.7 Å². The largest absolute Gasteiger partial charge is 0.466 e. The molecule has 0 N–H and O–H groups in total. The van der Waals surface area contributed by atoms with Crippen LogP contribution in [0.25, 0.3) is 16.9 Å². The Labute approximate surface area is 182 Å². The van der Waals surface area contributed by atoms with Crippen molar-refractivity contribution in [3.8, 4) is 16.9 Å². The van der Waals surface area contributed by atoms with E-state index in [1.165, 1.54) is 4.31 Å². The highest BCUT2D eigenvalue weighted by atomic mass is 32.2. The van der Waals surface area contributed by atoms with Crippen molar-refractivity contribution in [2.24, 2.45) is 5.92 Å². The summed E-state index contributed by atoms with van der Waals surface area (Å²) in [6.07, 6.45) is 2.79. The minimum atomic E-state index is -3.87. The molecule has 0 radical (unpaired) electrons. The number of nitrogens with zero attached hydrogens (tertiary/aromatic N) is 3. The SMILES string of the molecule is CCOC(=O)C1CCCN(S(=O)(=O)c2cn(-c3ccccc3)nc2-c2ccccc2)C1. The van der Waals surface area contributed by atoms with E-state index in [1.54, 1.807) is 17.8 Å². The van der Waals surface area contributed by atoms with Crippen molar-refractivity contribution in [3.63, 3.8) is 0 Å². The Kier molecular flexibility index (Phi) is 6.20. The number of hydrogen-bond donors (Lipinski definition) is 0. The van der Waals surface area contributed by atoms with Crippen LogP contribution in [0.1, 0.15) is 19.8 Å². The van der Waals surface area contributed by atoms with Crippen LogP contribution < -0.4 is 0 Å². The molecule has 1 saturated heterocycles. The molecular weight excluding hydrogens is 414 g/mol. The van der Waals surface area contributed by atoms with Gasteiger partial charge >= 0.3 is 5.97 Å². The Bertz CT molecular complexity index is 1140. The normalized spacial score (nSPS) is 17.4. The summed E-state index contributed by atoms with van der Waals surface area (Å²) in [5.74, 6) is -0.793. The van der Waals surface area contributed by atoms with E-state index in [9.17, 15) is 13.2 Å². The van der Waals surface area contributed by atoms with Gasteiger partial charge in [-0.25, -0.2) is 13.1 Å². The number of esters is 1. The third-order valence-corrected chi connectivity index (χ3v) is 7.24. The van der Waals surface area contributed by atoms with Crippen molar-refractivity contribution in [3.05, 3.63) is 66.9 Å². The Morgan fingerprint density at radius 3 is 2.45 bits per heavy atom. The van der Waals surface area contributed by atoms with E-state index >= 15 is 0 Å². The minimum Gasteiger partial charge on any atom is -0.466 e. The quantitative estimate of drug-likeness (QED) is 0.549. The highest BCUT2D eigenvalue weighted by molar-refractivity contribution is 7.89. The predicted octanol–water partition coefficient (Wildman–Crippen LogP) is 3.50. The van der Waals surface area contributed by atoms with E-state index in [0.29, 0.717) is 25.1 Å². The average Bonchev–Trinajstić information content (AvgIpc) is 3.27. The van der Waals surface area contributed by atoms with Crippen LogP contribution in [-0.2, 0) is 19.6 Å². The van der Waals surface area contributed by atoms with Gasteiger partial charge in [0.15, 0.2) is 0 Å². The van der Waals surface area contributed by atoms with E-state index < -0.39 is 15.9 Å². The molecule has 1 aliphatic rings. The lowest BCUT2D eigenvalue weighted by Crippen LogP contribution is -2.42. The third kappa shape index (κ3) is 4.40. The molecule has 7 nitrogen and oxygen atoms in total. The first-order valence-corrected chi connectivity index (χ1v) is 11.8. The number of piperidine rings is 1. The van der Waals surface area contributed by atoms with Crippen LogP contribution in [0.2, 0.25) is 0 Å². The Hall–Kier alpha value is -2.97. The van der Waals surface area contributed by atoms with Crippen LogP contribution in [0.5, 0.6) is 0 Å². The van der Waals surface area contributed by atoms with Gasteiger partial charge in [-0.3, -0.25) is 4.79 Å². The van der Waals surface area contributed by atoms with Crippen LogP contribution in [0.3, 0.4) is 0 Å². The summed E-state index contributed by atoms with van der Waals surface area (Å²) in [7, 11) is -3.87. The molecule has 0 saturated carbocycles. The van der Waals surface area contributed by atoms with Crippen molar-refractivity contribution in [2.45, 2.75) is 24.7 Å². The van der Waals surface area contributed by atoms with Gasteiger partial charge in [-0.1, -0.05) is 48.5 Å². The lowest BCUT2D eigenvalue weighted by Gasteiger charge is -2.30. The van der Waals surface area contributed by atoms with Crippen molar-refractivity contribution in [2.75, 3.05) is 19.7 Å². The molecule has 3 aromatic rings. The van der Waals surface area contributed by atoms with Crippen LogP contribution >= 0.6 is 0 Å². The maximum Gasteiger partial charge on any atom is 0.310 e. The number of sulfonamides is 1. The molecule has 1 aromatic heterocycles. The predicted molar refractivity (Wildman–Crippen MR) is 117 cm³/mol. The van der Waals surface area contributed by atoms with E-state index in [2.05, 4.69) is 5.10 Å². The summed E-state index contributed by atoms with van der Waals surface area (Å²) in [5.41, 5.74) is 1.88. The van der Waals surface area contributed by atoms with Crippen LogP contribution in [0.4, 0.5) is 0 Å². The molecule has 162 valence electrons. The fourth-order valence-corrected chi connectivity index (χ4v) is 5.47.